The first-order valence-electron chi connectivity index (χ1n) is 8.82. The molecule has 0 atom stereocenters. The van der Waals surface area contributed by atoms with Gasteiger partial charge in [-0.25, -0.2) is 0 Å². The number of amides is 1. The molecule has 7 nitrogen and oxygen atoms in total. The first-order chi connectivity index (χ1) is 12.6. The van der Waals surface area contributed by atoms with Gasteiger partial charge in [0.1, 0.15) is 11.1 Å². The van der Waals surface area contributed by atoms with Gasteiger partial charge in [0.2, 0.25) is 5.43 Å². The molecule has 2 aromatic rings. The Morgan fingerprint density at radius 1 is 1.19 bits per heavy atom. The van der Waals surface area contributed by atoms with E-state index in [0.29, 0.717) is 0 Å². The van der Waals surface area contributed by atoms with Crippen molar-refractivity contribution >= 4 is 22.5 Å². The Bertz CT molecular complexity index is 905. The molecule has 1 aromatic carbocycles. The van der Waals surface area contributed by atoms with Crippen molar-refractivity contribution in [1.29, 1.82) is 0 Å². The maximum atomic E-state index is 12.7. The highest BCUT2D eigenvalue weighted by Gasteiger charge is 2.20. The van der Waals surface area contributed by atoms with E-state index in [-0.39, 0.29) is 28.2 Å². The number of aromatic amines is 1. The number of non-ortho nitro benzene ring substituents is 1. The number of nitro groups is 1. The van der Waals surface area contributed by atoms with Gasteiger partial charge in [-0.3, -0.25) is 19.7 Å². The van der Waals surface area contributed by atoms with Crippen LogP contribution >= 0.6 is 0 Å². The normalized spacial score (nSPS) is 17.1. The van der Waals surface area contributed by atoms with Crippen molar-refractivity contribution in [2.24, 2.45) is 0 Å². The monoisotopic (exact) mass is 355 g/mol. The van der Waals surface area contributed by atoms with Crippen LogP contribution in [0.1, 0.15) is 48.9 Å². The van der Waals surface area contributed by atoms with Crippen molar-refractivity contribution < 1.29 is 9.72 Å². The second-order valence-corrected chi connectivity index (χ2v) is 6.49. The lowest BCUT2D eigenvalue weighted by Crippen LogP contribution is -2.37. The summed E-state index contributed by atoms with van der Waals surface area (Å²) in [4.78, 5) is 38.5. The summed E-state index contributed by atoms with van der Waals surface area (Å²) in [6.45, 7) is 0. The van der Waals surface area contributed by atoms with Crippen LogP contribution in [0.2, 0.25) is 0 Å². The third-order valence-electron chi connectivity index (χ3n) is 4.68. The summed E-state index contributed by atoms with van der Waals surface area (Å²) in [6, 6.07) is 4.29. The van der Waals surface area contributed by atoms with Crippen LogP contribution in [-0.4, -0.2) is 21.9 Å². The van der Waals surface area contributed by atoms with Crippen LogP contribution in [0.25, 0.3) is 10.9 Å². The van der Waals surface area contributed by atoms with Crippen LogP contribution in [-0.2, 0) is 0 Å². The molecule has 1 aliphatic rings. The molecule has 1 heterocycles. The topological polar surface area (TPSA) is 105 Å². The molecule has 0 radical (unpaired) electrons. The average molecular weight is 355 g/mol. The van der Waals surface area contributed by atoms with E-state index in [2.05, 4.69) is 22.5 Å². The zero-order valence-corrected chi connectivity index (χ0v) is 14.4. The van der Waals surface area contributed by atoms with E-state index in [1.165, 1.54) is 24.4 Å². The first-order valence-corrected chi connectivity index (χ1v) is 8.82. The van der Waals surface area contributed by atoms with E-state index in [1.54, 1.807) is 0 Å². The highest BCUT2D eigenvalue weighted by atomic mass is 16.6. The minimum absolute atomic E-state index is 0.0176. The zero-order valence-electron chi connectivity index (χ0n) is 14.4. The summed E-state index contributed by atoms with van der Waals surface area (Å²) in [7, 11) is 0. The number of fused-ring (bicyclic) bond motifs is 1. The Morgan fingerprint density at radius 2 is 1.88 bits per heavy atom. The van der Waals surface area contributed by atoms with E-state index in [9.17, 15) is 19.7 Å². The van der Waals surface area contributed by atoms with E-state index in [0.717, 1.165) is 38.5 Å². The number of H-pyrrole nitrogens is 1. The molecule has 3 rings (SSSR count). The van der Waals surface area contributed by atoms with Crippen LogP contribution < -0.4 is 10.7 Å². The molecule has 1 aliphatic carbocycles. The summed E-state index contributed by atoms with van der Waals surface area (Å²) >= 11 is 0. The SMILES string of the molecule is O=C(NC1CCC/C=C\CCC1)c1c[nH]c2c([N+](=O)[O-])cccc2c1=O. The fourth-order valence-corrected chi connectivity index (χ4v) is 3.31. The molecule has 0 saturated heterocycles. The summed E-state index contributed by atoms with van der Waals surface area (Å²) in [5.74, 6) is -0.433. The number of carbonyl (C=O) groups excluding carboxylic acids is 1. The zero-order chi connectivity index (χ0) is 18.5. The van der Waals surface area contributed by atoms with Gasteiger partial charge in [0, 0.05) is 18.3 Å². The fourth-order valence-electron chi connectivity index (χ4n) is 3.31. The maximum absolute atomic E-state index is 12.7. The fraction of sp³-hybridized carbons (Fsp3) is 0.368. The number of allylic oxidation sites excluding steroid dienone is 2. The predicted molar refractivity (Wildman–Crippen MR) is 99.3 cm³/mol. The predicted octanol–water partition coefficient (Wildman–Crippen LogP) is 3.45. The maximum Gasteiger partial charge on any atom is 0.293 e. The summed E-state index contributed by atoms with van der Waals surface area (Å²) in [6.07, 6.45) is 11.3. The van der Waals surface area contributed by atoms with Gasteiger partial charge in [-0.15, -0.1) is 0 Å². The molecule has 1 amide bonds. The van der Waals surface area contributed by atoms with Crippen molar-refractivity contribution in [2.75, 3.05) is 0 Å². The second kappa shape index (κ2) is 7.95. The van der Waals surface area contributed by atoms with Gasteiger partial charge in [-0.1, -0.05) is 18.2 Å². The molecule has 136 valence electrons. The van der Waals surface area contributed by atoms with Crippen LogP contribution in [0.3, 0.4) is 0 Å². The first kappa shape index (κ1) is 17.8. The number of benzene rings is 1. The van der Waals surface area contributed by atoms with Gasteiger partial charge < -0.3 is 10.3 Å². The Kier molecular flexibility index (Phi) is 5.46. The average Bonchev–Trinajstić information content (AvgIpc) is 2.75. The Morgan fingerprint density at radius 3 is 2.54 bits per heavy atom. The van der Waals surface area contributed by atoms with E-state index >= 15 is 0 Å². The molecule has 0 fully saturated rings. The van der Waals surface area contributed by atoms with Gasteiger partial charge in [-0.2, -0.15) is 0 Å². The lowest BCUT2D eigenvalue weighted by molar-refractivity contribution is -0.383. The largest absolute Gasteiger partial charge is 0.355 e. The third-order valence-corrected chi connectivity index (χ3v) is 4.68. The summed E-state index contributed by atoms with van der Waals surface area (Å²) < 4.78 is 0. The summed E-state index contributed by atoms with van der Waals surface area (Å²) in [5, 5.41) is 14.2. The molecule has 7 heteroatoms. The molecule has 1 aromatic heterocycles. The molecule has 0 unspecified atom stereocenters. The molecule has 26 heavy (non-hydrogen) atoms. The number of aromatic nitrogens is 1. The third kappa shape index (κ3) is 3.82. The number of nitrogens with one attached hydrogen (secondary N) is 2. The molecule has 0 spiro atoms. The molecule has 2 N–H and O–H groups in total. The highest BCUT2D eigenvalue weighted by molar-refractivity contribution is 5.98. The van der Waals surface area contributed by atoms with Crippen LogP contribution in [0.15, 0.2) is 41.3 Å². The van der Waals surface area contributed by atoms with Gasteiger partial charge in [0.15, 0.2) is 0 Å². The van der Waals surface area contributed by atoms with Crippen molar-refractivity contribution in [3.8, 4) is 0 Å². The van der Waals surface area contributed by atoms with Gasteiger partial charge >= 0.3 is 0 Å². The number of para-hydroxylation sites is 1. The molecular weight excluding hydrogens is 334 g/mol. The van der Waals surface area contributed by atoms with Gasteiger partial charge in [0.25, 0.3) is 11.6 Å². The van der Waals surface area contributed by atoms with E-state index < -0.39 is 16.3 Å². The minimum atomic E-state index is -0.552. The number of hydrogen-bond acceptors (Lipinski definition) is 4. The number of carbonyl (C=O) groups is 1. The van der Waals surface area contributed by atoms with Crippen LogP contribution in [0.5, 0.6) is 0 Å². The highest BCUT2D eigenvalue weighted by Crippen LogP contribution is 2.21. The van der Waals surface area contributed by atoms with Crippen LogP contribution in [0, 0.1) is 10.1 Å². The van der Waals surface area contributed by atoms with Gasteiger partial charge in [0.05, 0.1) is 10.3 Å². The standard InChI is InChI=1S/C19H21N3O4/c23-18-14-10-7-11-16(22(25)26)17(14)20-12-15(18)19(24)21-13-8-5-3-1-2-4-6-9-13/h1-2,7,10-13H,3-6,8-9H2,(H,20,23)(H,21,24)/b2-1-. The van der Waals surface area contributed by atoms with Crippen molar-refractivity contribution in [1.82, 2.24) is 10.3 Å². The lowest BCUT2D eigenvalue weighted by atomic mass is 10.0. The molecule has 0 aliphatic heterocycles. The Hall–Kier alpha value is -2.96. The van der Waals surface area contributed by atoms with Gasteiger partial charge in [-0.05, 0) is 44.6 Å². The van der Waals surface area contributed by atoms with Crippen molar-refractivity contribution in [3.05, 3.63) is 62.4 Å². The van der Waals surface area contributed by atoms with E-state index in [1.807, 2.05) is 0 Å². The number of nitrogens with zero attached hydrogens (tertiary/aromatic N) is 1. The Labute approximate surface area is 150 Å². The number of hydrogen-bond donors (Lipinski definition) is 2. The molecular formula is C19H21N3O4. The minimum Gasteiger partial charge on any atom is -0.355 e. The Balaban J connectivity index is 1.85. The summed E-state index contributed by atoms with van der Waals surface area (Å²) in [5.41, 5.74) is -0.566. The lowest BCUT2D eigenvalue weighted by Gasteiger charge is -2.17. The number of rotatable bonds is 3. The van der Waals surface area contributed by atoms with E-state index in [4.69, 9.17) is 0 Å². The van der Waals surface area contributed by atoms with Crippen molar-refractivity contribution in [3.63, 3.8) is 0 Å². The quantitative estimate of drug-likeness (QED) is 0.500. The van der Waals surface area contributed by atoms with Crippen LogP contribution in [0.4, 0.5) is 5.69 Å². The smallest absolute Gasteiger partial charge is 0.293 e. The number of nitro benzene ring substituents is 1. The number of pyridine rings is 1. The van der Waals surface area contributed by atoms with Crippen molar-refractivity contribution in [2.45, 2.75) is 44.6 Å². The second-order valence-electron chi connectivity index (χ2n) is 6.49. The molecule has 0 saturated carbocycles. The molecule has 0 bridgehead atoms.